The molecule has 0 amide bonds. The molecule has 6 nitrogen and oxygen atoms in total. The molecule has 2 aromatic rings. The van der Waals surface area contributed by atoms with Gasteiger partial charge in [0, 0.05) is 11.1 Å². The fraction of sp³-hybridized carbons (Fsp3) is 0.182. The van der Waals surface area contributed by atoms with E-state index in [0.29, 0.717) is 5.56 Å². The topological polar surface area (TPSA) is 102 Å². The van der Waals surface area contributed by atoms with Crippen LogP contribution in [0.3, 0.4) is 0 Å². The molecule has 1 heterocycles. The van der Waals surface area contributed by atoms with Gasteiger partial charge in [-0.25, -0.2) is 5.43 Å². The Morgan fingerprint density at radius 1 is 1.25 bits per heavy atom. The van der Waals surface area contributed by atoms with Crippen LogP contribution >= 0.6 is 0 Å². The number of hydrogen-bond acceptors (Lipinski definition) is 5. The number of rotatable bonds is 4. The van der Waals surface area contributed by atoms with Crippen LogP contribution in [0.15, 0.2) is 30.5 Å². The van der Waals surface area contributed by atoms with Crippen LogP contribution < -0.4 is 21.7 Å². The van der Waals surface area contributed by atoms with Crippen molar-refractivity contribution >= 4 is 5.82 Å². The van der Waals surface area contributed by atoms with Crippen molar-refractivity contribution in [3.05, 3.63) is 41.6 Å². The molecule has 0 saturated heterocycles. The predicted molar refractivity (Wildman–Crippen MR) is 65.3 cm³/mol. The van der Waals surface area contributed by atoms with Crippen molar-refractivity contribution in [1.29, 1.82) is 0 Å². The van der Waals surface area contributed by atoms with Gasteiger partial charge < -0.3 is 10.5 Å². The minimum atomic E-state index is -4.79. The van der Waals surface area contributed by atoms with E-state index in [9.17, 15) is 13.2 Å². The number of alkyl halides is 3. The molecule has 20 heavy (non-hydrogen) atoms. The lowest BCUT2D eigenvalue weighted by atomic mass is 10.0. The summed E-state index contributed by atoms with van der Waals surface area (Å²) in [5.74, 6) is 5.26. The first-order valence-electron chi connectivity index (χ1n) is 5.52. The maximum atomic E-state index is 12.4. The zero-order chi connectivity index (χ0) is 14.8. The minimum Gasteiger partial charge on any atom is -0.405 e. The lowest BCUT2D eigenvalue weighted by Gasteiger charge is -2.20. The molecule has 2 rings (SSSR count). The number of aromatic amines is 1. The Morgan fingerprint density at radius 2 is 1.95 bits per heavy atom. The van der Waals surface area contributed by atoms with E-state index in [1.165, 1.54) is 24.4 Å². The Bertz CT molecular complexity index is 583. The number of halogens is 3. The number of aromatic nitrogens is 2. The summed E-state index contributed by atoms with van der Waals surface area (Å²) in [6, 6.07) is 4.87. The molecule has 1 aromatic carbocycles. The number of nitrogen functional groups attached to an aromatic ring is 1. The van der Waals surface area contributed by atoms with Gasteiger partial charge >= 0.3 is 6.36 Å². The smallest absolute Gasteiger partial charge is 0.405 e. The average molecular weight is 287 g/mol. The zero-order valence-electron chi connectivity index (χ0n) is 10.1. The van der Waals surface area contributed by atoms with Gasteiger partial charge in [-0.2, -0.15) is 5.10 Å². The Morgan fingerprint density at radius 3 is 2.50 bits per heavy atom. The van der Waals surface area contributed by atoms with Crippen molar-refractivity contribution < 1.29 is 17.9 Å². The highest BCUT2D eigenvalue weighted by molar-refractivity contribution is 5.48. The second kappa shape index (κ2) is 5.39. The fourth-order valence-electron chi connectivity index (χ4n) is 1.82. The van der Waals surface area contributed by atoms with Crippen LogP contribution in [-0.2, 0) is 0 Å². The van der Waals surface area contributed by atoms with Crippen LogP contribution in [0, 0.1) is 0 Å². The third-order valence-electron chi connectivity index (χ3n) is 2.63. The Kier molecular flexibility index (Phi) is 3.81. The summed E-state index contributed by atoms with van der Waals surface area (Å²) in [4.78, 5) is 0. The largest absolute Gasteiger partial charge is 0.573 e. The number of nitrogens with one attached hydrogen (secondary N) is 2. The van der Waals surface area contributed by atoms with Crippen LogP contribution in [-0.4, -0.2) is 16.6 Å². The van der Waals surface area contributed by atoms with Gasteiger partial charge in [0.25, 0.3) is 0 Å². The lowest BCUT2D eigenvalue weighted by Crippen LogP contribution is -2.30. The average Bonchev–Trinajstić information content (AvgIpc) is 2.77. The summed E-state index contributed by atoms with van der Waals surface area (Å²) < 4.78 is 41.2. The second-order valence-corrected chi connectivity index (χ2v) is 3.92. The quantitative estimate of drug-likeness (QED) is 0.503. The van der Waals surface area contributed by atoms with Gasteiger partial charge in [-0.05, 0) is 6.07 Å². The molecule has 108 valence electrons. The van der Waals surface area contributed by atoms with Gasteiger partial charge in [-0.15, -0.1) is 13.2 Å². The number of anilines is 1. The number of nitrogens with two attached hydrogens (primary N) is 2. The van der Waals surface area contributed by atoms with Crippen LogP contribution in [0.1, 0.15) is 17.2 Å². The molecule has 1 atom stereocenters. The summed E-state index contributed by atoms with van der Waals surface area (Å²) in [6.07, 6.45) is -3.42. The highest BCUT2D eigenvalue weighted by Crippen LogP contribution is 2.34. The number of hydrogen-bond donors (Lipinski definition) is 4. The summed E-state index contributed by atoms with van der Waals surface area (Å²) in [6.45, 7) is 0. The third kappa shape index (κ3) is 3.00. The van der Waals surface area contributed by atoms with Gasteiger partial charge in [0.15, 0.2) is 0 Å². The van der Waals surface area contributed by atoms with Crippen molar-refractivity contribution in [3.8, 4) is 5.75 Å². The van der Waals surface area contributed by atoms with Gasteiger partial charge in [-0.1, -0.05) is 18.2 Å². The highest BCUT2D eigenvalue weighted by atomic mass is 19.4. The molecule has 9 heteroatoms. The lowest BCUT2D eigenvalue weighted by molar-refractivity contribution is -0.275. The molecule has 0 saturated carbocycles. The molecule has 0 aliphatic rings. The SMILES string of the molecule is NNC(c1ccccc1OC(F)(F)F)c1cn[nH]c1N. The molecule has 0 aliphatic carbocycles. The van der Waals surface area contributed by atoms with Crippen LogP contribution in [0.5, 0.6) is 5.75 Å². The zero-order valence-corrected chi connectivity index (χ0v) is 10.1. The molecular formula is C11H12F3N5O. The van der Waals surface area contributed by atoms with E-state index in [0.717, 1.165) is 0 Å². The third-order valence-corrected chi connectivity index (χ3v) is 2.63. The van der Waals surface area contributed by atoms with E-state index in [1.54, 1.807) is 6.07 Å². The number of nitrogens with zero attached hydrogens (tertiary/aromatic N) is 1. The number of ether oxygens (including phenoxy) is 1. The monoisotopic (exact) mass is 287 g/mol. The van der Waals surface area contributed by atoms with Crippen LogP contribution in [0.25, 0.3) is 0 Å². The van der Waals surface area contributed by atoms with Crippen molar-refractivity contribution in [2.45, 2.75) is 12.4 Å². The molecule has 6 N–H and O–H groups in total. The number of benzene rings is 1. The maximum Gasteiger partial charge on any atom is 0.573 e. The molecule has 1 unspecified atom stereocenters. The number of para-hydroxylation sites is 1. The van der Waals surface area contributed by atoms with E-state index in [4.69, 9.17) is 11.6 Å². The Hall–Kier alpha value is -2.26. The van der Waals surface area contributed by atoms with Gasteiger partial charge in [0.1, 0.15) is 11.6 Å². The normalized spacial score (nSPS) is 13.2. The first-order chi connectivity index (χ1) is 9.42. The molecule has 0 fully saturated rings. The van der Waals surface area contributed by atoms with Gasteiger partial charge in [0.05, 0.1) is 12.2 Å². The Balaban J connectivity index is 2.43. The first-order valence-corrected chi connectivity index (χ1v) is 5.52. The van der Waals surface area contributed by atoms with Gasteiger partial charge in [0.2, 0.25) is 0 Å². The molecule has 1 aromatic heterocycles. The van der Waals surface area contributed by atoms with E-state index in [2.05, 4.69) is 20.4 Å². The minimum absolute atomic E-state index is 0.195. The van der Waals surface area contributed by atoms with Crippen LogP contribution in [0.4, 0.5) is 19.0 Å². The van der Waals surface area contributed by atoms with E-state index in [1.807, 2.05) is 0 Å². The number of hydrazine groups is 1. The van der Waals surface area contributed by atoms with Crippen LogP contribution in [0.2, 0.25) is 0 Å². The molecular weight excluding hydrogens is 275 g/mol. The van der Waals surface area contributed by atoms with Crippen molar-refractivity contribution in [1.82, 2.24) is 15.6 Å². The van der Waals surface area contributed by atoms with Crippen molar-refractivity contribution in [2.24, 2.45) is 5.84 Å². The first kappa shape index (κ1) is 14.2. The van der Waals surface area contributed by atoms with E-state index >= 15 is 0 Å². The molecule has 0 aliphatic heterocycles. The molecule has 0 spiro atoms. The Labute approximate surface area is 111 Å². The summed E-state index contributed by atoms with van der Waals surface area (Å²) >= 11 is 0. The fourth-order valence-corrected chi connectivity index (χ4v) is 1.82. The van der Waals surface area contributed by atoms with Gasteiger partial charge in [-0.3, -0.25) is 10.9 Å². The van der Waals surface area contributed by atoms with E-state index < -0.39 is 12.4 Å². The predicted octanol–water partition coefficient (Wildman–Crippen LogP) is 1.44. The van der Waals surface area contributed by atoms with Crippen molar-refractivity contribution in [2.75, 3.05) is 5.73 Å². The summed E-state index contributed by atoms with van der Waals surface area (Å²) in [5, 5.41) is 6.20. The maximum absolute atomic E-state index is 12.4. The molecule has 0 bridgehead atoms. The van der Waals surface area contributed by atoms with E-state index in [-0.39, 0.29) is 17.1 Å². The number of H-pyrrole nitrogens is 1. The standard InChI is InChI=1S/C11H12F3N5O/c12-11(13,14)20-8-4-2-1-3-6(8)9(18-16)7-5-17-19-10(7)15/h1-5,9,18H,16H2,(H3,15,17,19). The molecule has 0 radical (unpaired) electrons. The summed E-state index contributed by atoms with van der Waals surface area (Å²) in [5.41, 5.74) is 8.67. The summed E-state index contributed by atoms with van der Waals surface area (Å²) in [7, 11) is 0. The highest BCUT2D eigenvalue weighted by Gasteiger charge is 2.33. The van der Waals surface area contributed by atoms with Crippen molar-refractivity contribution in [3.63, 3.8) is 0 Å². The second-order valence-electron chi connectivity index (χ2n) is 3.92.